The Balaban J connectivity index is 1.43. The van der Waals surface area contributed by atoms with Crippen LogP contribution < -0.4 is 15.7 Å². The van der Waals surface area contributed by atoms with Crippen LogP contribution in [0.25, 0.3) is 11.0 Å². The fourth-order valence-electron chi connectivity index (χ4n) is 4.36. The average molecular weight is 567 g/mol. The molecule has 0 saturated carbocycles. The number of imidazole rings is 1. The minimum absolute atomic E-state index is 0.0435. The second kappa shape index (κ2) is 11.4. The van der Waals surface area contributed by atoms with E-state index in [1.54, 1.807) is 24.1 Å². The quantitative estimate of drug-likeness (QED) is 0.310. The van der Waals surface area contributed by atoms with E-state index in [0.717, 1.165) is 6.42 Å². The van der Waals surface area contributed by atoms with Gasteiger partial charge in [0.05, 0.1) is 31.0 Å². The molecule has 2 N–H and O–H groups in total. The van der Waals surface area contributed by atoms with Gasteiger partial charge in [-0.3, -0.25) is 4.57 Å². The van der Waals surface area contributed by atoms with E-state index in [4.69, 9.17) is 37.4 Å². The van der Waals surface area contributed by atoms with Crippen molar-refractivity contribution >= 4 is 51.8 Å². The molecule has 1 aromatic carbocycles. The topological polar surface area (TPSA) is 124 Å². The van der Waals surface area contributed by atoms with Crippen LogP contribution >= 0.6 is 23.2 Å². The Morgan fingerprint density at radius 3 is 2.74 bits per heavy atom. The van der Waals surface area contributed by atoms with Crippen LogP contribution in [-0.4, -0.2) is 68.5 Å². The first-order chi connectivity index (χ1) is 17.9. The van der Waals surface area contributed by atoms with Gasteiger partial charge in [-0.25, -0.2) is 14.6 Å². The summed E-state index contributed by atoms with van der Waals surface area (Å²) >= 11 is 12.1. The summed E-state index contributed by atoms with van der Waals surface area (Å²) in [5.74, 6) is 1.07. The zero-order valence-electron chi connectivity index (χ0n) is 22.0. The van der Waals surface area contributed by atoms with Crippen LogP contribution in [0.4, 0.5) is 16.3 Å². The van der Waals surface area contributed by atoms with E-state index in [1.165, 1.54) is 10.8 Å². The minimum Gasteiger partial charge on any atom is -0.489 e. The molecule has 4 rings (SSSR count). The van der Waals surface area contributed by atoms with Gasteiger partial charge in [0.15, 0.2) is 5.82 Å². The number of aromatic nitrogens is 4. The fourth-order valence-corrected chi connectivity index (χ4v) is 4.63. The monoisotopic (exact) mass is 566 g/mol. The summed E-state index contributed by atoms with van der Waals surface area (Å²) in [7, 11) is 1.66. The number of benzene rings is 1. The molecule has 13 heteroatoms. The van der Waals surface area contributed by atoms with Crippen LogP contribution in [-0.2, 0) is 16.5 Å². The first-order valence-electron chi connectivity index (χ1n) is 12.3. The van der Waals surface area contributed by atoms with E-state index in [0.29, 0.717) is 48.0 Å². The molecule has 11 nitrogen and oxygen atoms in total. The SMILES string of the molecule is C[C@H]1C[C@@H](OCCOc2cc(Nc3nc(Cl)ncc3Cl)cc3[nH]c(=O)n(C)c23)CN(C(=O)OC(C)(C)C)C1. The Hall–Kier alpha value is -3.02. The molecular formula is C25H32Cl2N6O5. The number of hydrogen-bond acceptors (Lipinski definition) is 8. The molecule has 1 fully saturated rings. The largest absolute Gasteiger partial charge is 0.489 e. The maximum absolute atomic E-state index is 12.5. The number of fused-ring (bicyclic) bond motifs is 1. The lowest BCUT2D eigenvalue weighted by Crippen LogP contribution is -2.48. The van der Waals surface area contributed by atoms with Crippen LogP contribution in [0.3, 0.4) is 0 Å². The molecule has 0 aliphatic carbocycles. The third-order valence-corrected chi connectivity index (χ3v) is 6.36. The van der Waals surface area contributed by atoms with E-state index < -0.39 is 5.60 Å². The van der Waals surface area contributed by atoms with Gasteiger partial charge >= 0.3 is 11.8 Å². The van der Waals surface area contributed by atoms with Crippen molar-refractivity contribution in [3.05, 3.63) is 39.1 Å². The molecule has 1 saturated heterocycles. The number of anilines is 2. The number of amides is 1. The molecule has 38 heavy (non-hydrogen) atoms. The molecule has 206 valence electrons. The van der Waals surface area contributed by atoms with Crippen LogP contribution in [0, 0.1) is 5.92 Å². The molecule has 2 aromatic heterocycles. The van der Waals surface area contributed by atoms with E-state index in [1.807, 2.05) is 20.8 Å². The number of H-pyrrole nitrogens is 1. The molecule has 3 heterocycles. The van der Waals surface area contributed by atoms with Crippen molar-refractivity contribution in [3.63, 3.8) is 0 Å². The normalized spacial score (nSPS) is 18.0. The number of halogens is 2. The maximum atomic E-state index is 12.5. The number of rotatable bonds is 7. The van der Waals surface area contributed by atoms with E-state index in [2.05, 4.69) is 27.2 Å². The highest BCUT2D eigenvalue weighted by atomic mass is 35.5. The number of aryl methyl sites for hydroxylation is 1. The number of aromatic amines is 1. The third-order valence-electron chi connectivity index (χ3n) is 5.90. The molecule has 0 unspecified atom stereocenters. The lowest BCUT2D eigenvalue weighted by molar-refractivity contribution is -0.0375. The van der Waals surface area contributed by atoms with Gasteiger partial charge in [0.25, 0.3) is 0 Å². The van der Waals surface area contributed by atoms with Crippen LogP contribution in [0.5, 0.6) is 5.75 Å². The van der Waals surface area contributed by atoms with Crippen LogP contribution in [0.2, 0.25) is 10.3 Å². The zero-order valence-corrected chi connectivity index (χ0v) is 23.5. The minimum atomic E-state index is -0.555. The third kappa shape index (κ3) is 6.89. The van der Waals surface area contributed by atoms with Gasteiger partial charge in [-0.1, -0.05) is 18.5 Å². The number of nitrogens with zero attached hydrogens (tertiary/aromatic N) is 4. The Morgan fingerprint density at radius 2 is 2.00 bits per heavy atom. The van der Waals surface area contributed by atoms with Gasteiger partial charge in [-0.05, 0) is 50.8 Å². The summed E-state index contributed by atoms with van der Waals surface area (Å²) < 4.78 is 19.1. The van der Waals surface area contributed by atoms with Gasteiger partial charge in [-0.15, -0.1) is 0 Å². The van der Waals surface area contributed by atoms with E-state index in [9.17, 15) is 9.59 Å². The molecule has 0 radical (unpaired) electrons. The number of nitrogens with one attached hydrogen (secondary N) is 2. The first-order valence-corrected chi connectivity index (χ1v) is 13.1. The van der Waals surface area contributed by atoms with Gasteiger partial charge in [0.1, 0.15) is 28.5 Å². The molecule has 1 aliphatic heterocycles. The number of hydrogen-bond donors (Lipinski definition) is 2. The summed E-state index contributed by atoms with van der Waals surface area (Å²) in [5, 5.41) is 3.42. The Kier molecular flexibility index (Phi) is 8.39. The van der Waals surface area contributed by atoms with Crippen molar-refractivity contribution in [3.8, 4) is 5.75 Å². The summed E-state index contributed by atoms with van der Waals surface area (Å²) in [6.07, 6.45) is 1.76. The van der Waals surface area contributed by atoms with Crippen molar-refractivity contribution in [2.45, 2.75) is 45.8 Å². The summed E-state index contributed by atoms with van der Waals surface area (Å²) in [6.45, 7) is 9.25. The Morgan fingerprint density at radius 1 is 1.24 bits per heavy atom. The van der Waals surface area contributed by atoms with Gasteiger partial charge in [0.2, 0.25) is 5.28 Å². The maximum Gasteiger partial charge on any atom is 0.410 e. The molecular weight excluding hydrogens is 535 g/mol. The number of likely N-dealkylation sites (tertiary alicyclic amines) is 1. The second-order valence-electron chi connectivity index (χ2n) is 10.4. The van der Waals surface area contributed by atoms with Crippen LogP contribution in [0.15, 0.2) is 23.1 Å². The zero-order chi connectivity index (χ0) is 27.6. The molecule has 2 atom stereocenters. The van der Waals surface area contributed by atoms with Crippen molar-refractivity contribution in [1.29, 1.82) is 0 Å². The molecule has 1 aliphatic rings. The lowest BCUT2D eigenvalue weighted by atomic mass is 9.98. The first kappa shape index (κ1) is 28.0. The van der Waals surface area contributed by atoms with Crippen molar-refractivity contribution in [1.82, 2.24) is 24.4 Å². The Labute approximate surface area is 230 Å². The lowest BCUT2D eigenvalue weighted by Gasteiger charge is -2.37. The van der Waals surface area contributed by atoms with Gasteiger partial charge in [0, 0.05) is 25.3 Å². The summed E-state index contributed by atoms with van der Waals surface area (Å²) in [6, 6.07) is 3.50. The highest BCUT2D eigenvalue weighted by molar-refractivity contribution is 6.33. The standard InChI is InChI=1S/C25H32Cl2N6O5/c1-14-8-16(13-33(12-14)24(35)38-25(2,3)4)36-6-7-37-19-10-15(9-18-20(19)32(5)23(34)30-18)29-21-17(26)11-28-22(27)31-21/h9-11,14,16H,6-8,12-13H2,1-5H3,(H,30,34)(H,28,29,31)/t14-,16+/m0/s1. The predicted molar refractivity (Wildman–Crippen MR) is 146 cm³/mol. The molecule has 3 aromatic rings. The smallest absolute Gasteiger partial charge is 0.410 e. The van der Waals surface area contributed by atoms with Crippen molar-refractivity contribution < 1.29 is 19.0 Å². The predicted octanol–water partition coefficient (Wildman–Crippen LogP) is 4.75. The summed E-state index contributed by atoms with van der Waals surface area (Å²) in [5.41, 5.74) is 0.930. The van der Waals surface area contributed by atoms with Gasteiger partial charge < -0.3 is 29.4 Å². The number of ether oxygens (including phenoxy) is 3. The van der Waals surface area contributed by atoms with E-state index in [-0.39, 0.29) is 40.7 Å². The van der Waals surface area contributed by atoms with Crippen molar-refractivity contribution in [2.24, 2.45) is 13.0 Å². The number of carbonyl (C=O) groups excluding carboxylic acids is 1. The highest BCUT2D eigenvalue weighted by Crippen LogP contribution is 2.31. The Bertz CT molecular complexity index is 1370. The van der Waals surface area contributed by atoms with Crippen molar-refractivity contribution in [2.75, 3.05) is 31.6 Å². The molecule has 0 spiro atoms. The number of piperidine rings is 1. The fraction of sp³-hybridized carbons (Fsp3) is 0.520. The molecule has 1 amide bonds. The molecule has 0 bridgehead atoms. The average Bonchev–Trinajstić information content (AvgIpc) is 3.11. The number of carbonyl (C=O) groups is 1. The summed E-state index contributed by atoms with van der Waals surface area (Å²) in [4.78, 5) is 37.3. The van der Waals surface area contributed by atoms with Gasteiger partial charge in [-0.2, -0.15) is 4.98 Å². The highest BCUT2D eigenvalue weighted by Gasteiger charge is 2.31. The van der Waals surface area contributed by atoms with E-state index >= 15 is 0 Å². The van der Waals surface area contributed by atoms with Crippen LogP contribution in [0.1, 0.15) is 34.1 Å². The second-order valence-corrected chi connectivity index (χ2v) is 11.1.